The van der Waals surface area contributed by atoms with E-state index in [0.29, 0.717) is 23.6 Å². The molecule has 8 nitrogen and oxygen atoms in total. The first-order valence-electron chi connectivity index (χ1n) is 8.11. The molecule has 0 unspecified atom stereocenters. The van der Waals surface area contributed by atoms with E-state index in [2.05, 4.69) is 26.3 Å². The lowest BCUT2D eigenvalue weighted by atomic mass is 10.2. The van der Waals surface area contributed by atoms with E-state index in [-0.39, 0.29) is 11.4 Å². The largest absolute Gasteiger partial charge is 0.454 e. The predicted molar refractivity (Wildman–Crippen MR) is 103 cm³/mol. The third-order valence-electron chi connectivity index (χ3n) is 4.15. The second-order valence-electron chi connectivity index (χ2n) is 6.12. The molecule has 0 saturated carbocycles. The monoisotopic (exact) mass is 432 g/mol. The van der Waals surface area contributed by atoms with E-state index in [1.807, 2.05) is 13.8 Å². The molecule has 2 heterocycles. The Labute approximate surface area is 163 Å². The van der Waals surface area contributed by atoms with Crippen molar-refractivity contribution in [1.82, 2.24) is 9.78 Å². The minimum atomic E-state index is -0.477. The van der Waals surface area contributed by atoms with E-state index in [1.165, 1.54) is 18.2 Å². The Morgan fingerprint density at radius 3 is 2.63 bits per heavy atom. The normalized spacial score (nSPS) is 10.8. The fourth-order valence-electron chi connectivity index (χ4n) is 2.65. The highest BCUT2D eigenvalue weighted by Gasteiger charge is 2.16. The SMILES string of the molecule is Cc1cc([N+](=O)[O-])ccc1NC(=O)c1ccc(Cn2nc(C)c(Br)c2C)o1. The average molecular weight is 433 g/mol. The van der Waals surface area contributed by atoms with Crippen LogP contribution in [0.1, 0.15) is 33.3 Å². The van der Waals surface area contributed by atoms with Crippen LogP contribution in [0.25, 0.3) is 0 Å². The van der Waals surface area contributed by atoms with E-state index in [4.69, 9.17) is 4.42 Å². The van der Waals surface area contributed by atoms with Crippen molar-refractivity contribution < 1.29 is 14.1 Å². The number of nitro benzene ring substituents is 1. The number of aromatic nitrogens is 2. The minimum absolute atomic E-state index is 0.0261. The highest BCUT2D eigenvalue weighted by atomic mass is 79.9. The number of carbonyl (C=O) groups excluding carboxylic acids is 1. The smallest absolute Gasteiger partial charge is 0.291 e. The van der Waals surface area contributed by atoms with Crippen molar-refractivity contribution in [3.63, 3.8) is 0 Å². The quantitative estimate of drug-likeness (QED) is 0.475. The molecule has 9 heteroatoms. The van der Waals surface area contributed by atoms with Gasteiger partial charge in [0.1, 0.15) is 5.76 Å². The fraction of sp³-hybridized carbons (Fsp3) is 0.222. The number of anilines is 1. The number of aryl methyl sites for hydroxylation is 2. The van der Waals surface area contributed by atoms with Crippen LogP contribution in [0.5, 0.6) is 0 Å². The number of benzene rings is 1. The highest BCUT2D eigenvalue weighted by Crippen LogP contribution is 2.23. The summed E-state index contributed by atoms with van der Waals surface area (Å²) in [6.07, 6.45) is 0. The Balaban J connectivity index is 1.73. The van der Waals surface area contributed by atoms with Crippen molar-refractivity contribution in [1.29, 1.82) is 0 Å². The summed E-state index contributed by atoms with van der Waals surface area (Å²) in [6.45, 7) is 5.94. The third-order valence-corrected chi connectivity index (χ3v) is 5.30. The molecule has 0 saturated heterocycles. The van der Waals surface area contributed by atoms with Crippen LogP contribution in [-0.4, -0.2) is 20.6 Å². The number of furan rings is 1. The molecular weight excluding hydrogens is 416 g/mol. The lowest BCUT2D eigenvalue weighted by Crippen LogP contribution is -2.12. The first kappa shape index (κ1) is 18.8. The number of halogens is 1. The first-order valence-corrected chi connectivity index (χ1v) is 8.90. The van der Waals surface area contributed by atoms with Gasteiger partial charge in [-0.1, -0.05) is 0 Å². The summed E-state index contributed by atoms with van der Waals surface area (Å²) >= 11 is 3.48. The van der Waals surface area contributed by atoms with Crippen molar-refractivity contribution in [3.8, 4) is 0 Å². The molecule has 0 radical (unpaired) electrons. The zero-order chi connectivity index (χ0) is 19.7. The van der Waals surface area contributed by atoms with Gasteiger partial charge in [-0.3, -0.25) is 19.6 Å². The molecule has 0 atom stereocenters. The van der Waals surface area contributed by atoms with Gasteiger partial charge in [0.05, 0.1) is 27.3 Å². The summed E-state index contributed by atoms with van der Waals surface area (Å²) in [7, 11) is 0. The van der Waals surface area contributed by atoms with Crippen LogP contribution in [-0.2, 0) is 6.54 Å². The minimum Gasteiger partial charge on any atom is -0.454 e. The lowest BCUT2D eigenvalue weighted by Gasteiger charge is -2.07. The van der Waals surface area contributed by atoms with Gasteiger partial charge >= 0.3 is 0 Å². The average Bonchev–Trinajstić information content (AvgIpc) is 3.18. The van der Waals surface area contributed by atoms with Crippen molar-refractivity contribution in [2.75, 3.05) is 5.32 Å². The highest BCUT2D eigenvalue weighted by molar-refractivity contribution is 9.10. The number of hydrogen-bond donors (Lipinski definition) is 1. The zero-order valence-electron chi connectivity index (χ0n) is 14.9. The number of rotatable bonds is 5. The maximum Gasteiger partial charge on any atom is 0.291 e. The summed E-state index contributed by atoms with van der Waals surface area (Å²) in [5.41, 5.74) is 2.91. The molecule has 27 heavy (non-hydrogen) atoms. The number of nitro groups is 1. The summed E-state index contributed by atoms with van der Waals surface area (Å²) in [4.78, 5) is 22.7. The molecule has 0 aliphatic rings. The molecule has 2 aromatic heterocycles. The molecule has 1 amide bonds. The number of nitrogens with one attached hydrogen (secondary N) is 1. The van der Waals surface area contributed by atoms with Crippen LogP contribution in [0, 0.1) is 30.9 Å². The van der Waals surface area contributed by atoms with Crippen LogP contribution < -0.4 is 5.32 Å². The fourth-order valence-corrected chi connectivity index (χ4v) is 2.93. The predicted octanol–water partition coefficient (Wildman–Crippen LogP) is 4.37. The Morgan fingerprint density at radius 1 is 1.30 bits per heavy atom. The van der Waals surface area contributed by atoms with Crippen LogP contribution in [0.15, 0.2) is 39.2 Å². The number of amides is 1. The van der Waals surface area contributed by atoms with Crippen LogP contribution in [0.4, 0.5) is 11.4 Å². The summed E-state index contributed by atoms with van der Waals surface area (Å²) in [5, 5.41) is 17.9. The van der Waals surface area contributed by atoms with Gasteiger partial charge in [0, 0.05) is 17.8 Å². The van der Waals surface area contributed by atoms with Gasteiger partial charge in [-0.25, -0.2) is 0 Å². The zero-order valence-corrected chi connectivity index (χ0v) is 16.5. The molecule has 3 aromatic rings. The van der Waals surface area contributed by atoms with Gasteiger partial charge in [-0.05, 0) is 60.5 Å². The van der Waals surface area contributed by atoms with Crippen molar-refractivity contribution in [2.24, 2.45) is 0 Å². The number of hydrogen-bond acceptors (Lipinski definition) is 5. The van der Waals surface area contributed by atoms with Crippen molar-refractivity contribution in [3.05, 3.63) is 73.4 Å². The maximum absolute atomic E-state index is 12.4. The van der Waals surface area contributed by atoms with E-state index >= 15 is 0 Å². The van der Waals surface area contributed by atoms with E-state index in [1.54, 1.807) is 23.7 Å². The van der Waals surface area contributed by atoms with E-state index < -0.39 is 10.8 Å². The van der Waals surface area contributed by atoms with Gasteiger partial charge in [0.2, 0.25) is 0 Å². The Morgan fingerprint density at radius 2 is 2.04 bits per heavy atom. The summed E-state index contributed by atoms with van der Waals surface area (Å²) in [6, 6.07) is 7.57. The molecule has 0 fully saturated rings. The van der Waals surface area contributed by atoms with E-state index in [9.17, 15) is 14.9 Å². The topological polar surface area (TPSA) is 103 Å². The van der Waals surface area contributed by atoms with Gasteiger partial charge < -0.3 is 9.73 Å². The molecule has 1 N–H and O–H groups in total. The van der Waals surface area contributed by atoms with Crippen molar-refractivity contribution in [2.45, 2.75) is 27.3 Å². The first-order chi connectivity index (χ1) is 12.8. The van der Waals surface area contributed by atoms with Crippen LogP contribution in [0.3, 0.4) is 0 Å². The molecule has 0 spiro atoms. The van der Waals surface area contributed by atoms with Crippen LogP contribution in [0.2, 0.25) is 0 Å². The summed E-state index contributed by atoms with van der Waals surface area (Å²) in [5.74, 6) is 0.328. The Bertz CT molecular complexity index is 1040. The Hall–Kier alpha value is -2.94. The number of nitrogens with zero attached hydrogens (tertiary/aromatic N) is 3. The molecule has 0 aliphatic heterocycles. The third kappa shape index (κ3) is 3.92. The molecule has 1 aromatic carbocycles. The molecule has 140 valence electrons. The van der Waals surface area contributed by atoms with Crippen LogP contribution >= 0.6 is 15.9 Å². The standard InChI is InChI=1S/C18H17BrN4O4/c1-10-8-13(23(25)26)4-6-15(10)20-18(24)16-7-5-14(27-16)9-22-12(3)17(19)11(2)21-22/h4-8H,9H2,1-3H3,(H,20,24). The molecule has 3 rings (SSSR count). The maximum atomic E-state index is 12.4. The molecular formula is C18H17BrN4O4. The molecule has 0 aliphatic carbocycles. The Kier molecular flexibility index (Phi) is 5.13. The second-order valence-corrected chi connectivity index (χ2v) is 6.91. The van der Waals surface area contributed by atoms with Gasteiger partial charge in [0.25, 0.3) is 11.6 Å². The van der Waals surface area contributed by atoms with Crippen molar-refractivity contribution >= 4 is 33.2 Å². The van der Waals surface area contributed by atoms with Gasteiger partial charge in [-0.15, -0.1) is 0 Å². The molecule has 0 bridgehead atoms. The second kappa shape index (κ2) is 7.36. The lowest BCUT2D eigenvalue weighted by molar-refractivity contribution is -0.384. The number of carbonyl (C=O) groups is 1. The van der Waals surface area contributed by atoms with Gasteiger partial charge in [-0.2, -0.15) is 5.10 Å². The number of non-ortho nitro benzene ring substituents is 1. The summed E-state index contributed by atoms with van der Waals surface area (Å²) < 4.78 is 8.37. The van der Waals surface area contributed by atoms with E-state index in [0.717, 1.165) is 15.9 Å². The van der Waals surface area contributed by atoms with Gasteiger partial charge in [0.15, 0.2) is 5.76 Å².